The number of carboxylic acid groups (broad SMARTS) is 1. The molecule has 1 amide bonds. The summed E-state index contributed by atoms with van der Waals surface area (Å²) < 4.78 is 14.2. The Bertz CT molecular complexity index is 1420. The minimum Gasteiger partial charge on any atom is -0.496 e. The zero-order valence-corrected chi connectivity index (χ0v) is 29.2. The third-order valence-corrected chi connectivity index (χ3v) is 9.60. The number of Topliss-reactive ketones (excluding diaryl/α,β-unsaturated/α-hetero) is 1. The predicted octanol–water partition coefficient (Wildman–Crippen LogP) is 8.48. The van der Waals surface area contributed by atoms with E-state index in [1.54, 1.807) is 13.3 Å². The maximum Gasteiger partial charge on any atom is 0.408 e. The van der Waals surface area contributed by atoms with Gasteiger partial charge in [0.05, 0.1) is 30.6 Å². The molecule has 44 heavy (non-hydrogen) atoms. The molecule has 10 heteroatoms. The molecule has 242 valence electrons. The van der Waals surface area contributed by atoms with Gasteiger partial charge in [-0.05, 0) is 58.7 Å². The molecule has 9 nitrogen and oxygen atoms in total. The molecule has 1 aromatic carbocycles. The Kier molecular flexibility index (Phi) is 12.1. The van der Waals surface area contributed by atoms with Gasteiger partial charge in [0.2, 0.25) is 0 Å². The largest absolute Gasteiger partial charge is 0.496 e. The summed E-state index contributed by atoms with van der Waals surface area (Å²) in [4.78, 5) is 35.8. The fraction of sp³-hybridized carbons (Fsp3) is 0.588. The molecule has 0 fully saturated rings. The van der Waals surface area contributed by atoms with E-state index >= 15 is 0 Å². The Morgan fingerprint density at radius 1 is 1.11 bits per heavy atom. The van der Waals surface area contributed by atoms with Crippen molar-refractivity contribution in [1.29, 1.82) is 0 Å². The van der Waals surface area contributed by atoms with Crippen molar-refractivity contribution in [3.63, 3.8) is 0 Å². The fourth-order valence-electron chi connectivity index (χ4n) is 5.44. The molecule has 1 atom stereocenters. The van der Waals surface area contributed by atoms with Gasteiger partial charge in [-0.25, -0.2) is 9.78 Å². The highest BCUT2D eigenvalue weighted by molar-refractivity contribution is 6.76. The van der Waals surface area contributed by atoms with E-state index in [1.807, 2.05) is 57.4 Å². The van der Waals surface area contributed by atoms with Crippen LogP contribution in [-0.2, 0) is 16.3 Å². The van der Waals surface area contributed by atoms with Crippen LogP contribution in [-0.4, -0.2) is 63.7 Å². The molecule has 0 radical (unpaired) electrons. The van der Waals surface area contributed by atoms with Gasteiger partial charge >= 0.3 is 6.09 Å². The van der Waals surface area contributed by atoms with E-state index in [-0.39, 0.29) is 12.5 Å². The van der Waals surface area contributed by atoms with Crippen LogP contribution in [0.15, 0.2) is 30.5 Å². The van der Waals surface area contributed by atoms with Crippen molar-refractivity contribution in [3.05, 3.63) is 42.0 Å². The van der Waals surface area contributed by atoms with E-state index in [0.29, 0.717) is 37.4 Å². The molecule has 2 aromatic heterocycles. The van der Waals surface area contributed by atoms with Crippen molar-refractivity contribution in [2.24, 2.45) is 0 Å². The number of carbonyl (C=O) groups excluding carboxylic acids is 1. The van der Waals surface area contributed by atoms with Crippen molar-refractivity contribution in [1.82, 2.24) is 19.4 Å². The Labute approximate surface area is 264 Å². The zero-order chi connectivity index (χ0) is 32.7. The number of carbonyl (C=O) groups is 2. The van der Waals surface area contributed by atoms with Crippen LogP contribution in [0.25, 0.3) is 22.2 Å². The molecule has 3 aromatic rings. The van der Waals surface area contributed by atoms with Gasteiger partial charge < -0.3 is 19.1 Å². The summed E-state index contributed by atoms with van der Waals surface area (Å²) in [5.41, 5.74) is 2.73. The normalized spacial score (nSPS) is 12.8. The maximum atomic E-state index is 12.8. The minimum atomic E-state index is -1.32. The van der Waals surface area contributed by atoms with Crippen LogP contribution in [0.2, 0.25) is 25.7 Å². The van der Waals surface area contributed by atoms with Crippen LogP contribution in [0.5, 0.6) is 5.75 Å². The molecule has 1 N–H and O–H groups in total. The van der Waals surface area contributed by atoms with Crippen LogP contribution in [0.4, 0.5) is 4.79 Å². The van der Waals surface area contributed by atoms with Crippen molar-refractivity contribution < 1.29 is 24.2 Å². The number of amides is 1. The SMILES string of the molecule is CCC(=O)CCCCCC(c1ncc(-c2cc3ccc(C)nc3cc2OC)n1COCC[Si](C)(C)C)N(C(=O)O)C(C)(C)C. The van der Waals surface area contributed by atoms with Gasteiger partial charge in [-0.1, -0.05) is 45.5 Å². The number of ketones is 1. The Morgan fingerprint density at radius 2 is 1.84 bits per heavy atom. The van der Waals surface area contributed by atoms with Gasteiger partial charge in [0, 0.05) is 55.8 Å². The molecule has 2 heterocycles. The first-order valence-corrected chi connectivity index (χ1v) is 19.5. The minimum absolute atomic E-state index is 0.238. The molecule has 1 unspecified atom stereocenters. The second kappa shape index (κ2) is 15.2. The number of aryl methyl sites for hydroxylation is 1. The van der Waals surface area contributed by atoms with E-state index in [9.17, 15) is 14.7 Å². The Hall–Kier alpha value is -3.24. The summed E-state index contributed by atoms with van der Waals surface area (Å²) in [5.74, 6) is 1.56. The van der Waals surface area contributed by atoms with Gasteiger partial charge in [0.25, 0.3) is 0 Å². The summed E-state index contributed by atoms with van der Waals surface area (Å²) in [6.07, 6.45) is 4.89. The molecule has 0 aliphatic heterocycles. The third kappa shape index (κ3) is 9.38. The van der Waals surface area contributed by atoms with Crippen molar-refractivity contribution in [2.75, 3.05) is 13.7 Å². The van der Waals surface area contributed by atoms with E-state index in [2.05, 4.69) is 30.7 Å². The topological polar surface area (TPSA) is 107 Å². The first-order valence-electron chi connectivity index (χ1n) is 15.8. The number of pyridine rings is 1. The zero-order valence-electron chi connectivity index (χ0n) is 28.2. The molecular weight excluding hydrogens is 572 g/mol. The van der Waals surface area contributed by atoms with Crippen molar-refractivity contribution >= 4 is 30.9 Å². The number of fused-ring (bicyclic) bond motifs is 1. The fourth-order valence-corrected chi connectivity index (χ4v) is 6.20. The van der Waals surface area contributed by atoms with E-state index < -0.39 is 25.7 Å². The predicted molar refractivity (Wildman–Crippen MR) is 179 cm³/mol. The van der Waals surface area contributed by atoms with Gasteiger partial charge in [0.15, 0.2) is 0 Å². The average Bonchev–Trinajstić information content (AvgIpc) is 3.35. The van der Waals surface area contributed by atoms with E-state index in [4.69, 9.17) is 14.5 Å². The number of methoxy groups -OCH3 is 1. The number of imidazole rings is 1. The number of hydrogen-bond acceptors (Lipinski definition) is 6. The quantitative estimate of drug-likeness (QED) is 0.126. The highest BCUT2D eigenvalue weighted by Gasteiger charge is 2.37. The second-order valence-electron chi connectivity index (χ2n) is 13.8. The molecule has 0 spiro atoms. The highest BCUT2D eigenvalue weighted by Crippen LogP contribution is 2.38. The third-order valence-electron chi connectivity index (χ3n) is 7.89. The number of aromatic nitrogens is 3. The van der Waals surface area contributed by atoms with Gasteiger partial charge in [-0.2, -0.15) is 0 Å². The molecule has 0 saturated heterocycles. The summed E-state index contributed by atoms with van der Waals surface area (Å²) in [6.45, 7) is 17.4. The van der Waals surface area contributed by atoms with Gasteiger partial charge in [-0.3, -0.25) is 14.7 Å². The second-order valence-corrected chi connectivity index (χ2v) is 19.4. The van der Waals surface area contributed by atoms with Crippen LogP contribution in [0.1, 0.15) is 83.8 Å². The standard InChI is InChI=1S/C34H52N4O5Si/c1-10-26(39)14-12-11-13-15-29(38(33(40)41)34(3,4)5)32-35-22-30(37(32)23-43-18-19-44(7,8)9)27-20-25-17-16-24(2)36-28(25)21-31(27)42-6/h16-17,20-22,29H,10-15,18-19,23H2,1-9H3,(H,40,41). The summed E-state index contributed by atoms with van der Waals surface area (Å²) in [6, 6.07) is 8.52. The number of benzene rings is 1. The average molecular weight is 625 g/mol. The summed E-state index contributed by atoms with van der Waals surface area (Å²) in [7, 11) is 0.320. The van der Waals surface area contributed by atoms with Crippen LogP contribution in [0.3, 0.4) is 0 Å². The van der Waals surface area contributed by atoms with Crippen molar-refractivity contribution in [3.8, 4) is 17.0 Å². The van der Waals surface area contributed by atoms with Gasteiger partial charge in [0.1, 0.15) is 24.1 Å². The van der Waals surface area contributed by atoms with Crippen LogP contribution < -0.4 is 4.74 Å². The molecular formula is C34H52N4O5Si. The number of unbranched alkanes of at least 4 members (excludes halogenated alkanes) is 2. The summed E-state index contributed by atoms with van der Waals surface area (Å²) >= 11 is 0. The number of nitrogens with zero attached hydrogens (tertiary/aromatic N) is 4. The monoisotopic (exact) mass is 624 g/mol. The smallest absolute Gasteiger partial charge is 0.408 e. The lowest BCUT2D eigenvalue weighted by molar-refractivity contribution is -0.118. The first-order chi connectivity index (χ1) is 20.7. The Balaban J connectivity index is 2.12. The Morgan fingerprint density at radius 3 is 2.45 bits per heavy atom. The van der Waals surface area contributed by atoms with E-state index in [0.717, 1.165) is 53.2 Å². The lowest BCUT2D eigenvalue weighted by atomic mass is 9.98. The van der Waals surface area contributed by atoms with Crippen LogP contribution in [0, 0.1) is 6.92 Å². The molecule has 0 saturated carbocycles. The van der Waals surface area contributed by atoms with Crippen LogP contribution >= 0.6 is 0 Å². The number of hydrogen-bond donors (Lipinski definition) is 1. The highest BCUT2D eigenvalue weighted by atomic mass is 28.3. The lowest BCUT2D eigenvalue weighted by Gasteiger charge is -2.39. The molecule has 0 aliphatic rings. The summed E-state index contributed by atoms with van der Waals surface area (Å²) in [5, 5.41) is 11.5. The molecule has 3 rings (SSSR count). The molecule has 0 aliphatic carbocycles. The lowest BCUT2D eigenvalue weighted by Crippen LogP contribution is -2.48. The van der Waals surface area contributed by atoms with E-state index in [1.165, 1.54) is 4.90 Å². The van der Waals surface area contributed by atoms with Gasteiger partial charge in [-0.15, -0.1) is 0 Å². The van der Waals surface area contributed by atoms with Crippen molar-refractivity contribution in [2.45, 2.75) is 117 Å². The molecule has 0 bridgehead atoms. The first kappa shape index (κ1) is 35.2. The number of ether oxygens (including phenoxy) is 2. The number of rotatable bonds is 16. The maximum absolute atomic E-state index is 12.8.